The zero-order valence-electron chi connectivity index (χ0n) is 11.5. The van der Waals surface area contributed by atoms with Crippen LogP contribution in [0.2, 0.25) is 0 Å². The summed E-state index contributed by atoms with van der Waals surface area (Å²) in [7, 11) is 2.02. The third-order valence-electron chi connectivity index (χ3n) is 4.93. The standard InChI is InChI=1S/C14H23N3O2/c1-17-10-15-9-11(17)2-5-16-12-8-13(18)14(12)3-6-19-7-4-14/h9-10,12-13,16,18H,2-8H2,1H3/t12-,13-/m1/s1. The van der Waals surface area contributed by atoms with Crippen LogP contribution in [0.4, 0.5) is 0 Å². The van der Waals surface area contributed by atoms with E-state index in [0.29, 0.717) is 6.04 Å². The Bertz CT molecular complexity index is 426. The van der Waals surface area contributed by atoms with Gasteiger partial charge in [0.1, 0.15) is 0 Å². The van der Waals surface area contributed by atoms with Crippen molar-refractivity contribution in [3.63, 3.8) is 0 Å². The number of hydrogen-bond donors (Lipinski definition) is 2. The number of nitrogens with zero attached hydrogens (tertiary/aromatic N) is 2. The largest absolute Gasteiger partial charge is 0.392 e. The Labute approximate surface area is 114 Å². The van der Waals surface area contributed by atoms with E-state index in [1.54, 1.807) is 0 Å². The van der Waals surface area contributed by atoms with Gasteiger partial charge in [0.05, 0.1) is 12.4 Å². The van der Waals surface area contributed by atoms with Gasteiger partial charge in [0.25, 0.3) is 0 Å². The predicted molar refractivity (Wildman–Crippen MR) is 71.8 cm³/mol. The first-order valence-corrected chi connectivity index (χ1v) is 7.17. The van der Waals surface area contributed by atoms with Gasteiger partial charge in [-0.05, 0) is 19.3 Å². The summed E-state index contributed by atoms with van der Waals surface area (Å²) in [5.41, 5.74) is 1.32. The maximum atomic E-state index is 10.1. The molecule has 5 nitrogen and oxygen atoms in total. The van der Waals surface area contributed by atoms with Crippen molar-refractivity contribution in [1.82, 2.24) is 14.9 Å². The highest BCUT2D eigenvalue weighted by Crippen LogP contribution is 2.48. The fourth-order valence-corrected chi connectivity index (χ4v) is 3.48. The SMILES string of the molecule is Cn1cncc1CCN[C@@H]1C[C@@H](O)C12CCOCC2. The second-order valence-corrected chi connectivity index (χ2v) is 5.85. The second kappa shape index (κ2) is 5.23. The van der Waals surface area contributed by atoms with Gasteiger partial charge >= 0.3 is 0 Å². The Hall–Kier alpha value is -0.910. The number of aromatic nitrogens is 2. The molecule has 106 valence electrons. The van der Waals surface area contributed by atoms with Gasteiger partial charge < -0.3 is 19.7 Å². The Balaban J connectivity index is 1.52. The highest BCUT2D eigenvalue weighted by atomic mass is 16.5. The first kappa shape index (κ1) is 13.1. The van der Waals surface area contributed by atoms with Crippen molar-refractivity contribution >= 4 is 0 Å². The minimum absolute atomic E-state index is 0.0741. The molecule has 1 aliphatic heterocycles. The zero-order chi connectivity index (χ0) is 13.3. The maximum Gasteiger partial charge on any atom is 0.0945 e. The topological polar surface area (TPSA) is 59.3 Å². The molecule has 1 saturated heterocycles. The molecule has 2 heterocycles. The number of hydrogen-bond acceptors (Lipinski definition) is 4. The van der Waals surface area contributed by atoms with Gasteiger partial charge in [0.2, 0.25) is 0 Å². The molecule has 1 aromatic rings. The van der Waals surface area contributed by atoms with E-state index >= 15 is 0 Å². The molecule has 2 atom stereocenters. The molecule has 0 unspecified atom stereocenters. The molecular weight excluding hydrogens is 242 g/mol. The molecule has 0 aromatic carbocycles. The molecular formula is C14H23N3O2. The number of nitrogens with one attached hydrogen (secondary N) is 1. The van der Waals surface area contributed by atoms with Crippen LogP contribution in [0.25, 0.3) is 0 Å². The molecule has 2 aliphatic rings. The molecule has 0 bridgehead atoms. The number of rotatable bonds is 4. The molecule has 19 heavy (non-hydrogen) atoms. The molecule has 2 N–H and O–H groups in total. The molecule has 1 aromatic heterocycles. The van der Waals surface area contributed by atoms with Crippen LogP contribution in [0.3, 0.4) is 0 Å². The van der Waals surface area contributed by atoms with Crippen molar-refractivity contribution in [1.29, 1.82) is 0 Å². The third kappa shape index (κ3) is 2.30. The average molecular weight is 265 g/mol. The van der Waals surface area contributed by atoms with Gasteiger partial charge in [0, 0.05) is 56.6 Å². The summed E-state index contributed by atoms with van der Waals surface area (Å²) in [4.78, 5) is 4.13. The zero-order valence-corrected chi connectivity index (χ0v) is 11.5. The summed E-state index contributed by atoms with van der Waals surface area (Å²) in [6, 6.07) is 0.444. The van der Waals surface area contributed by atoms with Gasteiger partial charge in [-0.25, -0.2) is 4.98 Å². The first-order valence-electron chi connectivity index (χ1n) is 7.17. The number of aliphatic hydroxyl groups is 1. The molecule has 2 fully saturated rings. The van der Waals surface area contributed by atoms with Crippen molar-refractivity contribution in [3.8, 4) is 0 Å². The summed E-state index contributed by atoms with van der Waals surface area (Å²) >= 11 is 0. The lowest BCUT2D eigenvalue weighted by molar-refractivity contribution is -0.148. The van der Waals surface area contributed by atoms with Crippen LogP contribution < -0.4 is 5.32 Å². The van der Waals surface area contributed by atoms with Crippen molar-refractivity contribution < 1.29 is 9.84 Å². The van der Waals surface area contributed by atoms with E-state index in [4.69, 9.17) is 4.74 Å². The van der Waals surface area contributed by atoms with E-state index in [1.807, 2.05) is 19.6 Å². The molecule has 1 aliphatic carbocycles. The van der Waals surface area contributed by atoms with Crippen LogP contribution >= 0.6 is 0 Å². The van der Waals surface area contributed by atoms with Crippen LogP contribution in [0.15, 0.2) is 12.5 Å². The summed E-state index contributed by atoms with van der Waals surface area (Å²) in [5, 5.41) is 13.7. The second-order valence-electron chi connectivity index (χ2n) is 5.85. The Morgan fingerprint density at radius 2 is 2.32 bits per heavy atom. The van der Waals surface area contributed by atoms with Crippen molar-refractivity contribution in [2.45, 2.75) is 37.8 Å². The highest BCUT2D eigenvalue weighted by Gasteiger charge is 2.54. The smallest absolute Gasteiger partial charge is 0.0945 e. The summed E-state index contributed by atoms with van der Waals surface area (Å²) in [6.45, 7) is 2.52. The predicted octanol–water partition coefficient (Wildman–Crippen LogP) is 0.482. The molecule has 1 spiro atoms. The quantitative estimate of drug-likeness (QED) is 0.831. The van der Waals surface area contributed by atoms with Gasteiger partial charge in [0.15, 0.2) is 0 Å². The average Bonchev–Trinajstić information content (AvgIpc) is 2.84. The van der Waals surface area contributed by atoms with Gasteiger partial charge in [-0.15, -0.1) is 0 Å². The summed E-state index contributed by atoms with van der Waals surface area (Å²) in [5.74, 6) is 0. The number of ether oxygens (including phenoxy) is 1. The molecule has 0 amide bonds. The molecule has 0 radical (unpaired) electrons. The van der Waals surface area contributed by atoms with E-state index in [-0.39, 0.29) is 11.5 Å². The monoisotopic (exact) mass is 265 g/mol. The van der Waals surface area contributed by atoms with E-state index < -0.39 is 0 Å². The van der Waals surface area contributed by atoms with E-state index in [9.17, 15) is 5.11 Å². The van der Waals surface area contributed by atoms with E-state index in [1.165, 1.54) is 5.69 Å². The van der Waals surface area contributed by atoms with Crippen LogP contribution in [0, 0.1) is 5.41 Å². The first-order chi connectivity index (χ1) is 9.22. The molecule has 5 heteroatoms. The fraction of sp³-hybridized carbons (Fsp3) is 0.786. The van der Waals surface area contributed by atoms with Gasteiger partial charge in [-0.2, -0.15) is 0 Å². The summed E-state index contributed by atoms with van der Waals surface area (Å²) in [6.07, 6.45) is 7.44. The Kier molecular flexibility index (Phi) is 3.60. The lowest BCUT2D eigenvalue weighted by Crippen LogP contribution is -2.65. The van der Waals surface area contributed by atoms with Crippen LogP contribution in [-0.4, -0.2) is 46.6 Å². The van der Waals surface area contributed by atoms with E-state index in [0.717, 1.165) is 45.4 Å². The molecule has 3 rings (SSSR count). The number of aliphatic hydroxyl groups excluding tert-OH is 1. The fourth-order valence-electron chi connectivity index (χ4n) is 3.48. The minimum Gasteiger partial charge on any atom is -0.392 e. The van der Waals surface area contributed by atoms with Gasteiger partial charge in [-0.3, -0.25) is 0 Å². The van der Waals surface area contributed by atoms with Crippen molar-refractivity contribution in [3.05, 3.63) is 18.2 Å². The van der Waals surface area contributed by atoms with E-state index in [2.05, 4.69) is 14.9 Å². The van der Waals surface area contributed by atoms with Crippen LogP contribution in [0.5, 0.6) is 0 Å². The lowest BCUT2D eigenvalue weighted by atomic mass is 9.58. The third-order valence-corrected chi connectivity index (χ3v) is 4.93. The maximum absolute atomic E-state index is 10.1. The van der Waals surface area contributed by atoms with Gasteiger partial charge in [-0.1, -0.05) is 0 Å². The lowest BCUT2D eigenvalue weighted by Gasteiger charge is -2.56. The van der Waals surface area contributed by atoms with Crippen LogP contribution in [0.1, 0.15) is 25.0 Å². The number of aryl methyl sites for hydroxylation is 1. The summed E-state index contributed by atoms with van der Waals surface area (Å²) < 4.78 is 7.48. The van der Waals surface area contributed by atoms with Crippen molar-refractivity contribution in [2.75, 3.05) is 19.8 Å². The van der Waals surface area contributed by atoms with Crippen molar-refractivity contribution in [2.24, 2.45) is 12.5 Å². The highest BCUT2D eigenvalue weighted by molar-refractivity contribution is 5.08. The number of imidazole rings is 1. The Morgan fingerprint density at radius 1 is 1.53 bits per heavy atom. The Morgan fingerprint density at radius 3 is 2.95 bits per heavy atom. The minimum atomic E-state index is -0.148. The normalized spacial score (nSPS) is 29.4. The molecule has 1 saturated carbocycles. The van der Waals surface area contributed by atoms with Crippen LogP contribution in [-0.2, 0) is 18.2 Å².